The van der Waals surface area contributed by atoms with Crippen LogP contribution in [0.1, 0.15) is 19.8 Å². The highest BCUT2D eigenvalue weighted by Gasteiger charge is 2.47. The molecule has 2 fully saturated rings. The second-order valence-corrected chi connectivity index (χ2v) is 5.60. The normalized spacial score (nSPS) is 30.9. The summed E-state index contributed by atoms with van der Waals surface area (Å²) < 4.78 is 5.74. The van der Waals surface area contributed by atoms with Crippen molar-refractivity contribution >= 4 is 5.69 Å². The standard InChI is InChI=1S/C14H21N3O/c1-11-13(15)14(10-18-11)4-7-17(8-5-14)12-3-2-6-16-9-12/h2-3,6,9,11,13H,4-5,7-8,10,15H2,1H3/t11-,13+/m0/s1. The van der Waals surface area contributed by atoms with Crippen LogP contribution < -0.4 is 10.6 Å². The molecule has 0 radical (unpaired) electrons. The van der Waals surface area contributed by atoms with Gasteiger partial charge >= 0.3 is 0 Å². The molecule has 0 amide bonds. The lowest BCUT2D eigenvalue weighted by molar-refractivity contribution is 0.0974. The highest BCUT2D eigenvalue weighted by atomic mass is 16.5. The van der Waals surface area contributed by atoms with Crippen LogP contribution >= 0.6 is 0 Å². The summed E-state index contributed by atoms with van der Waals surface area (Å²) >= 11 is 0. The van der Waals surface area contributed by atoms with Crippen LogP contribution in [0.2, 0.25) is 0 Å². The Bertz CT molecular complexity index is 401. The molecule has 2 aliphatic heterocycles. The van der Waals surface area contributed by atoms with Gasteiger partial charge in [0.1, 0.15) is 0 Å². The monoisotopic (exact) mass is 247 g/mol. The number of hydrogen-bond donors (Lipinski definition) is 1. The molecule has 2 aliphatic rings. The number of nitrogens with two attached hydrogens (primary N) is 1. The van der Waals surface area contributed by atoms with Crippen LogP contribution in [-0.4, -0.2) is 36.8 Å². The quantitative estimate of drug-likeness (QED) is 0.815. The van der Waals surface area contributed by atoms with E-state index >= 15 is 0 Å². The van der Waals surface area contributed by atoms with Gasteiger partial charge in [-0.3, -0.25) is 4.98 Å². The summed E-state index contributed by atoms with van der Waals surface area (Å²) in [4.78, 5) is 6.58. The molecule has 0 saturated carbocycles. The van der Waals surface area contributed by atoms with Crippen LogP contribution in [0, 0.1) is 5.41 Å². The summed E-state index contributed by atoms with van der Waals surface area (Å²) in [6.07, 6.45) is 6.19. The SMILES string of the molecule is C[C@@H]1OCC2(CCN(c3cccnc3)CC2)[C@@H]1N. The lowest BCUT2D eigenvalue weighted by Gasteiger charge is -2.42. The van der Waals surface area contributed by atoms with Crippen LogP contribution in [0.25, 0.3) is 0 Å². The van der Waals surface area contributed by atoms with Gasteiger partial charge in [-0.15, -0.1) is 0 Å². The highest BCUT2D eigenvalue weighted by Crippen LogP contribution is 2.41. The zero-order chi connectivity index (χ0) is 12.6. The van der Waals surface area contributed by atoms with Crippen LogP contribution in [0.5, 0.6) is 0 Å². The van der Waals surface area contributed by atoms with Crippen molar-refractivity contribution in [3.63, 3.8) is 0 Å². The fourth-order valence-corrected chi connectivity index (χ4v) is 3.22. The first-order chi connectivity index (χ1) is 8.71. The predicted octanol–water partition coefficient (Wildman–Crippen LogP) is 1.41. The second kappa shape index (κ2) is 4.52. The Kier molecular flexibility index (Phi) is 2.99. The third-order valence-electron chi connectivity index (χ3n) is 4.62. The molecule has 1 aromatic rings. The van der Waals surface area contributed by atoms with Gasteiger partial charge in [-0.1, -0.05) is 0 Å². The van der Waals surface area contributed by atoms with Crippen molar-refractivity contribution in [1.82, 2.24) is 4.98 Å². The molecular weight excluding hydrogens is 226 g/mol. The van der Waals surface area contributed by atoms with Gasteiger partial charge in [-0.05, 0) is 31.9 Å². The van der Waals surface area contributed by atoms with Crippen molar-refractivity contribution in [1.29, 1.82) is 0 Å². The zero-order valence-corrected chi connectivity index (χ0v) is 10.9. The maximum absolute atomic E-state index is 6.32. The van der Waals surface area contributed by atoms with E-state index in [0.717, 1.165) is 32.5 Å². The largest absolute Gasteiger partial charge is 0.376 e. The number of nitrogens with zero attached hydrogens (tertiary/aromatic N) is 2. The first-order valence-electron chi connectivity index (χ1n) is 6.73. The van der Waals surface area contributed by atoms with Crippen LogP contribution in [-0.2, 0) is 4.74 Å². The summed E-state index contributed by atoms with van der Waals surface area (Å²) in [7, 11) is 0. The highest BCUT2D eigenvalue weighted by molar-refractivity contribution is 5.44. The zero-order valence-electron chi connectivity index (χ0n) is 10.9. The summed E-state index contributed by atoms with van der Waals surface area (Å²) in [6, 6.07) is 4.30. The summed E-state index contributed by atoms with van der Waals surface area (Å²) in [5, 5.41) is 0. The molecule has 4 nitrogen and oxygen atoms in total. The minimum Gasteiger partial charge on any atom is -0.376 e. The van der Waals surface area contributed by atoms with Crippen molar-refractivity contribution in [2.75, 3.05) is 24.6 Å². The van der Waals surface area contributed by atoms with Gasteiger partial charge in [0.2, 0.25) is 0 Å². The Morgan fingerprint density at radius 2 is 2.22 bits per heavy atom. The Morgan fingerprint density at radius 3 is 2.78 bits per heavy atom. The van der Waals surface area contributed by atoms with E-state index in [-0.39, 0.29) is 17.6 Å². The molecule has 0 bridgehead atoms. The Hall–Kier alpha value is -1.13. The Balaban J connectivity index is 1.69. The molecule has 18 heavy (non-hydrogen) atoms. The predicted molar refractivity (Wildman–Crippen MR) is 71.5 cm³/mol. The molecule has 2 atom stereocenters. The summed E-state index contributed by atoms with van der Waals surface area (Å²) in [6.45, 7) is 5.02. The van der Waals surface area contributed by atoms with E-state index in [0.29, 0.717) is 0 Å². The van der Waals surface area contributed by atoms with Crippen molar-refractivity contribution in [2.24, 2.45) is 11.1 Å². The fraction of sp³-hybridized carbons (Fsp3) is 0.643. The molecule has 0 aliphatic carbocycles. The number of hydrogen-bond acceptors (Lipinski definition) is 4. The number of pyridine rings is 1. The van der Waals surface area contributed by atoms with Gasteiger partial charge in [0, 0.05) is 30.7 Å². The van der Waals surface area contributed by atoms with Gasteiger partial charge in [0.05, 0.1) is 24.6 Å². The Labute approximate surface area is 108 Å². The number of anilines is 1. The minimum absolute atomic E-state index is 0.188. The molecule has 3 rings (SSSR count). The smallest absolute Gasteiger partial charge is 0.0704 e. The van der Waals surface area contributed by atoms with E-state index in [2.05, 4.69) is 22.9 Å². The van der Waals surface area contributed by atoms with Gasteiger partial charge in [0.25, 0.3) is 0 Å². The average Bonchev–Trinajstić information content (AvgIpc) is 2.70. The molecule has 1 aromatic heterocycles. The van der Waals surface area contributed by atoms with E-state index in [1.165, 1.54) is 5.69 Å². The summed E-state index contributed by atoms with van der Waals surface area (Å²) in [5.41, 5.74) is 7.74. The lowest BCUT2D eigenvalue weighted by Crippen LogP contribution is -2.50. The third-order valence-corrected chi connectivity index (χ3v) is 4.62. The van der Waals surface area contributed by atoms with E-state index in [1.54, 1.807) is 0 Å². The number of aromatic nitrogens is 1. The van der Waals surface area contributed by atoms with Gasteiger partial charge in [-0.25, -0.2) is 0 Å². The second-order valence-electron chi connectivity index (χ2n) is 5.60. The van der Waals surface area contributed by atoms with Crippen LogP contribution in [0.15, 0.2) is 24.5 Å². The van der Waals surface area contributed by atoms with E-state index in [1.807, 2.05) is 18.5 Å². The van der Waals surface area contributed by atoms with Crippen molar-refractivity contribution in [3.05, 3.63) is 24.5 Å². The van der Waals surface area contributed by atoms with Crippen molar-refractivity contribution in [3.8, 4) is 0 Å². The molecule has 98 valence electrons. The maximum atomic E-state index is 6.32. The molecule has 2 saturated heterocycles. The van der Waals surface area contributed by atoms with Crippen LogP contribution in [0.3, 0.4) is 0 Å². The van der Waals surface area contributed by atoms with Gasteiger partial charge in [-0.2, -0.15) is 0 Å². The molecule has 4 heteroatoms. The molecule has 2 N–H and O–H groups in total. The molecule has 3 heterocycles. The molecule has 0 unspecified atom stereocenters. The number of piperidine rings is 1. The fourth-order valence-electron chi connectivity index (χ4n) is 3.22. The maximum Gasteiger partial charge on any atom is 0.0704 e. The first-order valence-corrected chi connectivity index (χ1v) is 6.73. The topological polar surface area (TPSA) is 51.4 Å². The van der Waals surface area contributed by atoms with Crippen molar-refractivity contribution < 1.29 is 4.74 Å². The van der Waals surface area contributed by atoms with E-state index < -0.39 is 0 Å². The third kappa shape index (κ3) is 1.89. The summed E-state index contributed by atoms with van der Waals surface area (Å²) in [5.74, 6) is 0. The lowest BCUT2D eigenvalue weighted by atomic mass is 9.73. The number of ether oxygens (including phenoxy) is 1. The van der Waals surface area contributed by atoms with E-state index in [4.69, 9.17) is 10.5 Å². The van der Waals surface area contributed by atoms with Crippen LogP contribution in [0.4, 0.5) is 5.69 Å². The van der Waals surface area contributed by atoms with Crippen molar-refractivity contribution in [2.45, 2.75) is 31.9 Å². The van der Waals surface area contributed by atoms with Gasteiger partial charge < -0.3 is 15.4 Å². The molecule has 1 spiro atoms. The minimum atomic E-state index is 0.188. The Morgan fingerprint density at radius 1 is 1.44 bits per heavy atom. The van der Waals surface area contributed by atoms with Gasteiger partial charge in [0.15, 0.2) is 0 Å². The van der Waals surface area contributed by atoms with E-state index in [9.17, 15) is 0 Å². The molecule has 0 aromatic carbocycles. The number of rotatable bonds is 1. The average molecular weight is 247 g/mol. The molecular formula is C14H21N3O. The first kappa shape index (κ1) is 11.9.